The van der Waals surface area contributed by atoms with Crippen LogP contribution in [-0.4, -0.2) is 27.1 Å². The van der Waals surface area contributed by atoms with Crippen molar-refractivity contribution in [3.05, 3.63) is 29.3 Å². The predicted molar refractivity (Wildman–Crippen MR) is 75.0 cm³/mol. The molecule has 5 nitrogen and oxygen atoms in total. The van der Waals surface area contributed by atoms with E-state index >= 15 is 0 Å². The van der Waals surface area contributed by atoms with Crippen molar-refractivity contribution in [3.8, 4) is 0 Å². The van der Waals surface area contributed by atoms with E-state index in [9.17, 15) is 13.2 Å². The van der Waals surface area contributed by atoms with E-state index < -0.39 is 15.9 Å². The van der Waals surface area contributed by atoms with Crippen LogP contribution in [0.2, 0.25) is 0 Å². The number of hydrogen-bond acceptors (Lipinski definition) is 4. The van der Waals surface area contributed by atoms with Crippen LogP contribution in [0.15, 0.2) is 18.2 Å². The van der Waals surface area contributed by atoms with Gasteiger partial charge in [0, 0.05) is 6.42 Å². The van der Waals surface area contributed by atoms with Gasteiger partial charge in [-0.3, -0.25) is 9.52 Å². The minimum atomic E-state index is -3.43. The molecule has 0 aromatic heterocycles. The Morgan fingerprint density at radius 1 is 1.40 bits per heavy atom. The molecule has 7 heteroatoms. The first-order valence-electron chi connectivity index (χ1n) is 6.66. The van der Waals surface area contributed by atoms with Gasteiger partial charge in [0.2, 0.25) is 15.9 Å². The number of sulfonamides is 1. The molecule has 1 aromatic rings. The fourth-order valence-corrected chi connectivity index (χ4v) is 3.64. The largest absolute Gasteiger partial charge is 0.430 e. The zero-order valence-corrected chi connectivity index (χ0v) is 11.8. The van der Waals surface area contributed by atoms with Crippen LogP contribution in [0.4, 0.5) is 0 Å². The summed E-state index contributed by atoms with van der Waals surface area (Å²) in [6.07, 6.45) is 1.98. The lowest BCUT2D eigenvalue weighted by molar-refractivity contribution is -0.119. The van der Waals surface area contributed by atoms with Gasteiger partial charge in [-0.15, -0.1) is 0 Å². The average molecular weight is 292 g/mol. The third-order valence-corrected chi connectivity index (χ3v) is 5.43. The molecular formula is C13H15BNO4S. The van der Waals surface area contributed by atoms with E-state index in [0.717, 1.165) is 16.6 Å². The van der Waals surface area contributed by atoms with E-state index in [1.807, 2.05) is 18.2 Å². The highest BCUT2D eigenvalue weighted by atomic mass is 32.2. The molecule has 1 fully saturated rings. The molecule has 2 aliphatic rings. The molecule has 105 valence electrons. The van der Waals surface area contributed by atoms with Crippen LogP contribution in [0, 0.1) is 0 Å². The van der Waals surface area contributed by atoms with Gasteiger partial charge in [0.05, 0.1) is 11.9 Å². The summed E-state index contributed by atoms with van der Waals surface area (Å²) >= 11 is 0. The highest BCUT2D eigenvalue weighted by Crippen LogP contribution is 2.27. The zero-order chi connectivity index (χ0) is 14.2. The molecule has 1 heterocycles. The highest BCUT2D eigenvalue weighted by molar-refractivity contribution is 7.90. The minimum absolute atomic E-state index is 0.163. The van der Waals surface area contributed by atoms with Crippen LogP contribution in [0.5, 0.6) is 0 Å². The lowest BCUT2D eigenvalue weighted by atomic mass is 9.81. The third kappa shape index (κ3) is 2.88. The standard InChI is InChI=1S/C13H15BNO4S/c16-12(15-20(17,18)11-5-6-11)7-4-9-2-1-3-10-8-19-14-13(9)10/h1-3,11H,4-8H2,(H,15,16). The van der Waals surface area contributed by atoms with Crippen LogP contribution in [0.1, 0.15) is 30.4 Å². The first-order valence-corrected chi connectivity index (χ1v) is 8.21. The molecule has 1 amide bonds. The van der Waals surface area contributed by atoms with Crippen LogP contribution in [0.3, 0.4) is 0 Å². The number of carbonyl (C=O) groups is 1. The number of fused-ring (bicyclic) bond motifs is 1. The molecule has 0 unspecified atom stereocenters. The van der Waals surface area contributed by atoms with Gasteiger partial charge in [0.1, 0.15) is 0 Å². The van der Waals surface area contributed by atoms with Gasteiger partial charge < -0.3 is 4.65 Å². The number of nitrogens with one attached hydrogen (secondary N) is 1. The number of benzene rings is 1. The van der Waals surface area contributed by atoms with Crippen molar-refractivity contribution in [1.82, 2.24) is 4.72 Å². The third-order valence-electron chi connectivity index (χ3n) is 3.57. The summed E-state index contributed by atoms with van der Waals surface area (Å²) in [5.41, 5.74) is 3.14. The molecule has 3 rings (SSSR count). The average Bonchev–Trinajstić information content (AvgIpc) is 3.15. The first kappa shape index (κ1) is 13.6. The Morgan fingerprint density at radius 3 is 2.95 bits per heavy atom. The van der Waals surface area contributed by atoms with Crippen molar-refractivity contribution in [1.29, 1.82) is 0 Å². The smallest absolute Gasteiger partial charge is 0.331 e. The molecule has 1 aromatic carbocycles. The van der Waals surface area contributed by atoms with E-state index in [0.29, 0.717) is 25.9 Å². The number of hydrogen-bond donors (Lipinski definition) is 1. The molecule has 1 aliphatic heterocycles. The molecule has 1 N–H and O–H groups in total. The lowest BCUT2D eigenvalue weighted by Crippen LogP contribution is -2.33. The SMILES string of the molecule is O=C(CCc1cccc2c1[B]OC2)NS(=O)(=O)C1CC1. The molecule has 0 bridgehead atoms. The van der Waals surface area contributed by atoms with Crippen LogP contribution < -0.4 is 10.2 Å². The number of amides is 1. The Kier molecular flexibility index (Phi) is 3.56. The maximum atomic E-state index is 11.7. The molecule has 0 spiro atoms. The zero-order valence-electron chi connectivity index (χ0n) is 11.0. The van der Waals surface area contributed by atoms with E-state index in [2.05, 4.69) is 4.72 Å². The first-order chi connectivity index (χ1) is 9.56. The normalized spacial score (nSPS) is 17.4. The Balaban J connectivity index is 1.60. The van der Waals surface area contributed by atoms with Crippen molar-refractivity contribution in [2.24, 2.45) is 0 Å². The van der Waals surface area contributed by atoms with Gasteiger partial charge in [-0.1, -0.05) is 23.8 Å². The van der Waals surface area contributed by atoms with E-state index in [1.54, 1.807) is 7.48 Å². The molecule has 0 saturated heterocycles. The van der Waals surface area contributed by atoms with Crippen molar-refractivity contribution in [2.75, 3.05) is 0 Å². The van der Waals surface area contributed by atoms with Crippen molar-refractivity contribution in [3.63, 3.8) is 0 Å². The second kappa shape index (κ2) is 5.22. The molecule has 20 heavy (non-hydrogen) atoms. The number of rotatable bonds is 5. The quantitative estimate of drug-likeness (QED) is 0.776. The number of aryl methyl sites for hydroxylation is 1. The summed E-state index contributed by atoms with van der Waals surface area (Å²) in [4.78, 5) is 11.7. The van der Waals surface area contributed by atoms with Crippen molar-refractivity contribution >= 4 is 28.9 Å². The second-order valence-corrected chi connectivity index (χ2v) is 7.15. The van der Waals surface area contributed by atoms with E-state index in [4.69, 9.17) is 4.65 Å². The van der Waals surface area contributed by atoms with Crippen LogP contribution >= 0.6 is 0 Å². The fraction of sp³-hybridized carbons (Fsp3) is 0.462. The van der Waals surface area contributed by atoms with Crippen LogP contribution in [-0.2, 0) is 32.5 Å². The van der Waals surface area contributed by atoms with E-state index in [-0.39, 0.29) is 11.7 Å². The second-order valence-electron chi connectivity index (χ2n) is 5.19. The van der Waals surface area contributed by atoms with Gasteiger partial charge in [-0.05, 0) is 30.3 Å². The summed E-state index contributed by atoms with van der Waals surface area (Å²) in [6.45, 7) is 0.561. The van der Waals surface area contributed by atoms with Gasteiger partial charge in [0.25, 0.3) is 0 Å². The van der Waals surface area contributed by atoms with Gasteiger partial charge in [-0.25, -0.2) is 8.42 Å². The van der Waals surface area contributed by atoms with Crippen molar-refractivity contribution in [2.45, 2.75) is 37.5 Å². The Bertz CT molecular complexity index is 640. The minimum Gasteiger partial charge on any atom is -0.430 e. The Labute approximate surface area is 119 Å². The predicted octanol–water partition coefficient (Wildman–Crippen LogP) is 0.00230. The number of carbonyl (C=O) groups excluding carboxylic acids is 1. The van der Waals surface area contributed by atoms with Crippen molar-refractivity contribution < 1.29 is 17.9 Å². The topological polar surface area (TPSA) is 72.5 Å². The lowest BCUT2D eigenvalue weighted by Gasteiger charge is -2.08. The summed E-state index contributed by atoms with van der Waals surface area (Å²) in [5, 5.41) is -0.367. The molecule has 1 radical (unpaired) electrons. The fourth-order valence-electron chi connectivity index (χ4n) is 2.30. The Hall–Kier alpha value is -1.34. The summed E-state index contributed by atoms with van der Waals surface area (Å²) < 4.78 is 30.7. The van der Waals surface area contributed by atoms with Gasteiger partial charge >= 0.3 is 7.48 Å². The monoisotopic (exact) mass is 292 g/mol. The summed E-state index contributed by atoms with van der Waals surface area (Å²) in [6, 6.07) is 5.85. The van der Waals surface area contributed by atoms with Crippen LogP contribution in [0.25, 0.3) is 0 Å². The van der Waals surface area contributed by atoms with Gasteiger partial charge in [-0.2, -0.15) is 0 Å². The Morgan fingerprint density at radius 2 is 2.20 bits per heavy atom. The maximum Gasteiger partial charge on any atom is 0.331 e. The van der Waals surface area contributed by atoms with E-state index in [1.165, 1.54) is 0 Å². The molecule has 0 atom stereocenters. The highest BCUT2D eigenvalue weighted by Gasteiger charge is 2.36. The van der Waals surface area contributed by atoms with Gasteiger partial charge in [0.15, 0.2) is 0 Å². The summed E-state index contributed by atoms with van der Waals surface area (Å²) in [5.74, 6) is -0.437. The molecule has 1 aliphatic carbocycles. The maximum absolute atomic E-state index is 11.7. The molecular weight excluding hydrogens is 277 g/mol. The summed E-state index contributed by atoms with van der Waals surface area (Å²) in [7, 11) is -1.74. The molecule has 1 saturated carbocycles.